The van der Waals surface area contributed by atoms with Crippen LogP contribution in [0.15, 0.2) is 54.6 Å². The molecule has 4 nitrogen and oxygen atoms in total. The van der Waals surface area contributed by atoms with Crippen molar-refractivity contribution in [3.63, 3.8) is 0 Å². The first-order chi connectivity index (χ1) is 12.6. The summed E-state index contributed by atoms with van der Waals surface area (Å²) in [5.41, 5.74) is 9.15. The molecule has 1 aromatic heterocycles. The van der Waals surface area contributed by atoms with Gasteiger partial charge in [-0.15, -0.1) is 0 Å². The van der Waals surface area contributed by atoms with E-state index in [1.165, 1.54) is 12.1 Å². The van der Waals surface area contributed by atoms with Gasteiger partial charge in [0, 0.05) is 35.6 Å². The van der Waals surface area contributed by atoms with Crippen LogP contribution in [0.5, 0.6) is 0 Å². The molecule has 0 unspecified atom stereocenters. The molecule has 2 aromatic carbocycles. The Labute approximate surface area is 151 Å². The lowest BCUT2D eigenvalue weighted by Gasteiger charge is -2.33. The van der Waals surface area contributed by atoms with Gasteiger partial charge in [-0.25, -0.2) is 9.37 Å². The molecule has 4 rings (SSSR count). The van der Waals surface area contributed by atoms with Gasteiger partial charge in [-0.1, -0.05) is 18.2 Å². The number of amides is 1. The zero-order valence-electron chi connectivity index (χ0n) is 14.4. The van der Waals surface area contributed by atoms with Gasteiger partial charge in [0.15, 0.2) is 0 Å². The molecule has 132 valence electrons. The maximum Gasteiger partial charge on any atom is 0.220 e. The Balaban J connectivity index is 1.76. The molecule has 1 fully saturated rings. The summed E-state index contributed by atoms with van der Waals surface area (Å²) < 4.78 is 13.3. The van der Waals surface area contributed by atoms with E-state index in [-0.39, 0.29) is 17.6 Å². The smallest absolute Gasteiger partial charge is 0.220 e. The van der Waals surface area contributed by atoms with Gasteiger partial charge in [-0.05, 0) is 49.2 Å². The molecule has 0 saturated carbocycles. The maximum atomic E-state index is 13.3. The largest absolute Gasteiger partial charge is 0.371 e. The van der Waals surface area contributed by atoms with Crippen LogP contribution in [0.2, 0.25) is 0 Å². The first kappa shape index (κ1) is 16.5. The molecule has 1 saturated heterocycles. The SMILES string of the molecule is NC(=O)C1CCN(c2cc(-c3ccc(F)cc3)nc3ccccc23)CC1. The summed E-state index contributed by atoms with van der Waals surface area (Å²) in [5, 5.41) is 1.08. The van der Waals surface area contributed by atoms with Crippen LogP contribution >= 0.6 is 0 Å². The highest BCUT2D eigenvalue weighted by Crippen LogP contribution is 2.33. The molecule has 0 radical (unpaired) electrons. The number of benzene rings is 2. The number of primary amides is 1. The number of nitrogens with two attached hydrogens (primary N) is 1. The number of aromatic nitrogens is 1. The molecule has 2 N–H and O–H groups in total. The lowest BCUT2D eigenvalue weighted by molar-refractivity contribution is -0.122. The highest BCUT2D eigenvalue weighted by molar-refractivity contribution is 5.94. The quantitative estimate of drug-likeness (QED) is 0.783. The number of rotatable bonds is 3. The van der Waals surface area contributed by atoms with E-state index in [2.05, 4.69) is 17.0 Å². The number of hydrogen-bond donors (Lipinski definition) is 1. The van der Waals surface area contributed by atoms with Crippen molar-refractivity contribution < 1.29 is 9.18 Å². The van der Waals surface area contributed by atoms with Gasteiger partial charge in [-0.3, -0.25) is 4.79 Å². The Bertz CT molecular complexity index is 947. The lowest BCUT2D eigenvalue weighted by Crippen LogP contribution is -2.38. The average Bonchev–Trinajstić information content (AvgIpc) is 2.68. The van der Waals surface area contributed by atoms with Crippen LogP contribution in [0.3, 0.4) is 0 Å². The molecule has 0 aliphatic carbocycles. The molecule has 0 spiro atoms. The second-order valence-electron chi connectivity index (χ2n) is 6.71. The average molecular weight is 349 g/mol. The summed E-state index contributed by atoms with van der Waals surface area (Å²) in [7, 11) is 0. The zero-order chi connectivity index (χ0) is 18.1. The van der Waals surface area contributed by atoms with E-state index in [1.54, 1.807) is 12.1 Å². The predicted molar refractivity (Wildman–Crippen MR) is 101 cm³/mol. The molecule has 1 aliphatic heterocycles. The highest BCUT2D eigenvalue weighted by atomic mass is 19.1. The van der Waals surface area contributed by atoms with Gasteiger partial charge in [0.1, 0.15) is 5.82 Å². The van der Waals surface area contributed by atoms with E-state index in [0.29, 0.717) is 0 Å². The van der Waals surface area contributed by atoms with E-state index in [4.69, 9.17) is 10.7 Å². The van der Waals surface area contributed by atoms with Crippen LogP contribution in [0.1, 0.15) is 12.8 Å². The Morgan fingerprint density at radius 3 is 2.46 bits per heavy atom. The maximum absolute atomic E-state index is 13.3. The van der Waals surface area contributed by atoms with Gasteiger partial charge in [-0.2, -0.15) is 0 Å². The van der Waals surface area contributed by atoms with E-state index in [9.17, 15) is 9.18 Å². The summed E-state index contributed by atoms with van der Waals surface area (Å²) in [6.45, 7) is 1.56. The Hall–Kier alpha value is -2.95. The number of hydrogen-bond acceptors (Lipinski definition) is 3. The van der Waals surface area contributed by atoms with Crippen LogP contribution in [-0.4, -0.2) is 24.0 Å². The number of carbonyl (C=O) groups is 1. The summed E-state index contributed by atoms with van der Waals surface area (Å²) in [5.74, 6) is -0.518. The minimum absolute atomic E-state index is 0.0454. The molecule has 5 heteroatoms. The van der Waals surface area contributed by atoms with Crippen LogP contribution in [-0.2, 0) is 4.79 Å². The van der Waals surface area contributed by atoms with Gasteiger partial charge >= 0.3 is 0 Å². The number of halogens is 1. The van der Waals surface area contributed by atoms with Crippen molar-refractivity contribution >= 4 is 22.5 Å². The van der Waals surface area contributed by atoms with Crippen LogP contribution in [0.4, 0.5) is 10.1 Å². The third kappa shape index (κ3) is 3.12. The number of pyridine rings is 1. The van der Waals surface area contributed by atoms with Crippen molar-refractivity contribution in [1.29, 1.82) is 0 Å². The number of para-hydroxylation sites is 1. The molecular weight excluding hydrogens is 329 g/mol. The van der Waals surface area contributed by atoms with Crippen molar-refractivity contribution in [2.45, 2.75) is 12.8 Å². The van der Waals surface area contributed by atoms with Crippen molar-refractivity contribution in [3.8, 4) is 11.3 Å². The standard InChI is InChI=1S/C21H20FN3O/c22-16-7-5-14(6-8-16)19-13-20(17-3-1-2-4-18(17)24-19)25-11-9-15(10-12-25)21(23)26/h1-8,13,15H,9-12H2,(H2,23,26). The van der Waals surface area contributed by atoms with Crippen molar-refractivity contribution in [3.05, 3.63) is 60.4 Å². The molecule has 3 aromatic rings. The van der Waals surface area contributed by atoms with Crippen LogP contribution in [0, 0.1) is 11.7 Å². The fraction of sp³-hybridized carbons (Fsp3) is 0.238. The monoisotopic (exact) mass is 349 g/mol. The number of piperidine rings is 1. The number of anilines is 1. The molecule has 1 aliphatic rings. The van der Waals surface area contributed by atoms with Crippen molar-refractivity contribution in [2.24, 2.45) is 11.7 Å². The third-order valence-electron chi connectivity index (χ3n) is 5.07. The summed E-state index contributed by atoms with van der Waals surface area (Å²) in [6, 6.07) is 16.5. The molecule has 2 heterocycles. The van der Waals surface area contributed by atoms with Gasteiger partial charge in [0.2, 0.25) is 5.91 Å². The minimum Gasteiger partial charge on any atom is -0.371 e. The number of nitrogens with zero attached hydrogens (tertiary/aromatic N) is 2. The Morgan fingerprint density at radius 2 is 1.77 bits per heavy atom. The first-order valence-electron chi connectivity index (χ1n) is 8.82. The highest BCUT2D eigenvalue weighted by Gasteiger charge is 2.24. The topological polar surface area (TPSA) is 59.2 Å². The number of fused-ring (bicyclic) bond motifs is 1. The summed E-state index contributed by atoms with van der Waals surface area (Å²) in [6.07, 6.45) is 1.52. The number of carbonyl (C=O) groups excluding carboxylic acids is 1. The molecular formula is C21H20FN3O. The van der Waals surface area contributed by atoms with Gasteiger partial charge in [0.25, 0.3) is 0 Å². The minimum atomic E-state index is -0.261. The second-order valence-corrected chi connectivity index (χ2v) is 6.71. The Kier molecular flexibility index (Phi) is 4.29. The van der Waals surface area contributed by atoms with Crippen molar-refractivity contribution in [2.75, 3.05) is 18.0 Å². The van der Waals surface area contributed by atoms with Crippen LogP contribution < -0.4 is 10.6 Å². The van der Waals surface area contributed by atoms with Gasteiger partial charge in [0.05, 0.1) is 11.2 Å². The second kappa shape index (κ2) is 6.75. The Morgan fingerprint density at radius 1 is 1.08 bits per heavy atom. The summed E-state index contributed by atoms with van der Waals surface area (Å²) >= 11 is 0. The molecule has 26 heavy (non-hydrogen) atoms. The third-order valence-corrected chi connectivity index (χ3v) is 5.07. The summed E-state index contributed by atoms with van der Waals surface area (Å²) in [4.78, 5) is 18.5. The molecule has 1 amide bonds. The van der Waals surface area contributed by atoms with Crippen molar-refractivity contribution in [1.82, 2.24) is 4.98 Å². The zero-order valence-corrected chi connectivity index (χ0v) is 14.4. The fourth-order valence-electron chi connectivity index (χ4n) is 3.59. The predicted octanol–water partition coefficient (Wildman–Crippen LogP) is 3.74. The first-order valence-corrected chi connectivity index (χ1v) is 8.82. The molecule has 0 bridgehead atoms. The van der Waals surface area contributed by atoms with Gasteiger partial charge < -0.3 is 10.6 Å². The molecule has 0 atom stereocenters. The fourth-order valence-corrected chi connectivity index (χ4v) is 3.59. The van der Waals surface area contributed by atoms with E-state index < -0.39 is 0 Å². The lowest BCUT2D eigenvalue weighted by atomic mass is 9.95. The van der Waals surface area contributed by atoms with E-state index in [0.717, 1.165) is 53.8 Å². The van der Waals surface area contributed by atoms with E-state index >= 15 is 0 Å². The van der Waals surface area contributed by atoms with E-state index in [1.807, 2.05) is 18.2 Å². The normalized spacial score (nSPS) is 15.3. The van der Waals surface area contributed by atoms with Crippen LogP contribution in [0.25, 0.3) is 22.2 Å².